The molecule has 0 aromatic heterocycles. The fourth-order valence-electron chi connectivity index (χ4n) is 0.902. The molecule has 1 atom stereocenters. The van der Waals surface area contributed by atoms with Crippen molar-refractivity contribution in [1.82, 2.24) is 0 Å². The average molecular weight is 116 g/mol. The van der Waals surface area contributed by atoms with Crippen LogP contribution in [0, 0.1) is 0 Å². The zero-order valence-electron chi connectivity index (χ0n) is 4.81. The zero-order chi connectivity index (χ0) is 5.11. The molecule has 1 heterocycles. The van der Waals surface area contributed by atoms with Crippen molar-refractivity contribution >= 4 is 9.04 Å². The van der Waals surface area contributed by atoms with E-state index in [0.717, 1.165) is 6.61 Å². The molecule has 2 heteroatoms. The van der Waals surface area contributed by atoms with E-state index in [2.05, 4.69) is 6.55 Å². The number of hydrogen-bond acceptors (Lipinski definition) is 1. The lowest BCUT2D eigenvalue weighted by Gasteiger charge is -2.16. The van der Waals surface area contributed by atoms with Gasteiger partial charge in [-0.3, -0.25) is 0 Å². The minimum Gasteiger partial charge on any atom is -0.420 e. The van der Waals surface area contributed by atoms with Gasteiger partial charge in [-0.1, -0.05) is 6.42 Å². The molecular weight excluding hydrogens is 104 g/mol. The van der Waals surface area contributed by atoms with E-state index in [1.54, 1.807) is 0 Å². The van der Waals surface area contributed by atoms with Crippen molar-refractivity contribution in [3.8, 4) is 0 Å². The molecule has 1 aliphatic rings. The van der Waals surface area contributed by atoms with Crippen molar-refractivity contribution < 1.29 is 4.43 Å². The normalized spacial score (nSPS) is 33.0. The van der Waals surface area contributed by atoms with Crippen molar-refractivity contribution in [1.29, 1.82) is 0 Å². The van der Waals surface area contributed by atoms with Crippen LogP contribution in [0.2, 0.25) is 12.6 Å². The lowest BCUT2D eigenvalue weighted by atomic mass is 10.4. The highest BCUT2D eigenvalue weighted by Crippen LogP contribution is 2.09. The quantitative estimate of drug-likeness (QED) is 0.431. The van der Waals surface area contributed by atoms with Crippen LogP contribution in [0.5, 0.6) is 0 Å². The van der Waals surface area contributed by atoms with Gasteiger partial charge in [0, 0.05) is 6.61 Å². The van der Waals surface area contributed by atoms with Crippen molar-refractivity contribution in [3.63, 3.8) is 0 Å². The van der Waals surface area contributed by atoms with E-state index in [9.17, 15) is 0 Å². The summed E-state index contributed by atoms with van der Waals surface area (Å²) in [4.78, 5) is 0. The molecule has 0 bridgehead atoms. The molecule has 1 unspecified atom stereocenters. The Hall–Kier alpha value is 0.177. The predicted octanol–water partition coefficient (Wildman–Crippen LogP) is 1.15. The Bertz CT molecular complexity index is 50.0. The van der Waals surface area contributed by atoms with Crippen LogP contribution in [0.15, 0.2) is 0 Å². The van der Waals surface area contributed by atoms with Crippen LogP contribution in [0.4, 0.5) is 0 Å². The second-order valence-electron chi connectivity index (χ2n) is 2.18. The highest BCUT2D eigenvalue weighted by molar-refractivity contribution is 6.50. The van der Waals surface area contributed by atoms with E-state index in [-0.39, 0.29) is 0 Å². The van der Waals surface area contributed by atoms with Gasteiger partial charge in [0.1, 0.15) is 0 Å². The molecule has 1 aliphatic heterocycles. The van der Waals surface area contributed by atoms with Crippen molar-refractivity contribution in [3.05, 3.63) is 0 Å². The Kier molecular flexibility index (Phi) is 1.88. The Morgan fingerprint density at radius 3 is 2.57 bits per heavy atom. The average Bonchev–Trinajstić information content (AvgIpc) is 1.69. The van der Waals surface area contributed by atoms with Crippen molar-refractivity contribution in [2.75, 3.05) is 6.61 Å². The molecule has 1 saturated heterocycles. The monoisotopic (exact) mass is 116 g/mol. The number of hydrogen-bond donors (Lipinski definition) is 0. The van der Waals surface area contributed by atoms with Gasteiger partial charge in [-0.2, -0.15) is 0 Å². The maximum atomic E-state index is 5.42. The van der Waals surface area contributed by atoms with Crippen LogP contribution in [0.25, 0.3) is 0 Å². The summed E-state index contributed by atoms with van der Waals surface area (Å²) in [5.41, 5.74) is 0. The van der Waals surface area contributed by atoms with Crippen LogP contribution in [-0.2, 0) is 4.43 Å². The van der Waals surface area contributed by atoms with Crippen LogP contribution in [-0.4, -0.2) is 15.6 Å². The summed E-state index contributed by atoms with van der Waals surface area (Å²) in [6.07, 6.45) is 2.73. The van der Waals surface area contributed by atoms with E-state index in [1.807, 2.05) is 0 Å². The highest BCUT2D eigenvalue weighted by Gasteiger charge is 2.08. The zero-order valence-corrected chi connectivity index (χ0v) is 5.97. The minimum atomic E-state index is -0.595. The highest BCUT2D eigenvalue weighted by atomic mass is 28.3. The van der Waals surface area contributed by atoms with Crippen LogP contribution in [0.3, 0.4) is 0 Å². The van der Waals surface area contributed by atoms with Crippen molar-refractivity contribution in [2.24, 2.45) is 0 Å². The molecule has 1 rings (SSSR count). The van der Waals surface area contributed by atoms with Gasteiger partial charge in [-0.15, -0.1) is 0 Å². The first-order chi connectivity index (χ1) is 3.39. The molecule has 0 N–H and O–H groups in total. The lowest BCUT2D eigenvalue weighted by Crippen LogP contribution is -2.18. The van der Waals surface area contributed by atoms with E-state index in [1.165, 1.54) is 18.9 Å². The first kappa shape index (κ1) is 5.32. The smallest absolute Gasteiger partial charge is 0.173 e. The van der Waals surface area contributed by atoms with Gasteiger partial charge < -0.3 is 4.43 Å². The van der Waals surface area contributed by atoms with E-state index in [4.69, 9.17) is 4.43 Å². The summed E-state index contributed by atoms with van der Waals surface area (Å²) < 4.78 is 5.42. The Morgan fingerprint density at radius 1 is 1.43 bits per heavy atom. The fourth-order valence-corrected chi connectivity index (χ4v) is 2.50. The molecule has 0 aliphatic carbocycles. The number of rotatable bonds is 0. The van der Waals surface area contributed by atoms with Gasteiger partial charge in [0.05, 0.1) is 0 Å². The van der Waals surface area contributed by atoms with E-state index < -0.39 is 9.04 Å². The SMILES string of the molecule is C[SiH]1CCCCO1. The van der Waals surface area contributed by atoms with Crippen molar-refractivity contribution in [2.45, 2.75) is 25.4 Å². The molecule has 0 aromatic carbocycles. The van der Waals surface area contributed by atoms with Crippen LogP contribution in [0.1, 0.15) is 12.8 Å². The van der Waals surface area contributed by atoms with Gasteiger partial charge in [0.2, 0.25) is 0 Å². The van der Waals surface area contributed by atoms with Gasteiger partial charge >= 0.3 is 0 Å². The molecule has 0 aromatic rings. The third-order valence-corrected chi connectivity index (χ3v) is 3.43. The summed E-state index contributed by atoms with van der Waals surface area (Å²) in [6, 6.07) is 1.40. The Morgan fingerprint density at radius 2 is 2.29 bits per heavy atom. The maximum Gasteiger partial charge on any atom is 0.173 e. The van der Waals surface area contributed by atoms with Gasteiger partial charge in [-0.05, 0) is 19.0 Å². The second kappa shape index (κ2) is 2.48. The van der Waals surface area contributed by atoms with Crippen LogP contribution >= 0.6 is 0 Å². The summed E-state index contributed by atoms with van der Waals surface area (Å²) >= 11 is 0. The third-order valence-electron chi connectivity index (χ3n) is 1.41. The van der Waals surface area contributed by atoms with Crippen LogP contribution < -0.4 is 0 Å². The third kappa shape index (κ3) is 1.61. The molecule has 0 radical (unpaired) electrons. The Balaban J connectivity index is 2.12. The summed E-state index contributed by atoms with van der Waals surface area (Å²) in [7, 11) is -0.595. The van der Waals surface area contributed by atoms with E-state index in [0.29, 0.717) is 0 Å². The lowest BCUT2D eigenvalue weighted by molar-refractivity contribution is 0.291. The first-order valence-corrected chi connectivity index (χ1v) is 5.45. The second-order valence-corrected chi connectivity index (χ2v) is 4.71. The van der Waals surface area contributed by atoms with Gasteiger partial charge in [-0.25, -0.2) is 0 Å². The molecule has 42 valence electrons. The summed E-state index contributed by atoms with van der Waals surface area (Å²) in [6.45, 7) is 3.33. The van der Waals surface area contributed by atoms with Gasteiger partial charge in [0.15, 0.2) is 9.04 Å². The standard InChI is InChI=1S/C5H12OSi/c1-7-5-3-2-4-6-7/h7H,2-5H2,1H3. The molecule has 1 fully saturated rings. The molecule has 7 heavy (non-hydrogen) atoms. The predicted molar refractivity (Wildman–Crippen MR) is 33.0 cm³/mol. The fraction of sp³-hybridized carbons (Fsp3) is 1.00. The largest absolute Gasteiger partial charge is 0.420 e. The topological polar surface area (TPSA) is 9.23 Å². The first-order valence-electron chi connectivity index (χ1n) is 3.01. The molecule has 1 nitrogen and oxygen atoms in total. The molecule has 0 amide bonds. The summed E-state index contributed by atoms with van der Waals surface area (Å²) in [5, 5.41) is 0. The van der Waals surface area contributed by atoms with Gasteiger partial charge in [0.25, 0.3) is 0 Å². The Labute approximate surface area is 46.4 Å². The molecule has 0 spiro atoms. The minimum absolute atomic E-state index is 0.595. The molecule has 0 saturated carbocycles. The molecular formula is C5H12OSi. The maximum absolute atomic E-state index is 5.42. The van der Waals surface area contributed by atoms with E-state index >= 15 is 0 Å². The summed E-state index contributed by atoms with van der Waals surface area (Å²) in [5.74, 6) is 0.